The van der Waals surface area contributed by atoms with E-state index < -0.39 is 30.3 Å². The van der Waals surface area contributed by atoms with Gasteiger partial charge >= 0.3 is 11.9 Å². The van der Waals surface area contributed by atoms with Crippen molar-refractivity contribution in [2.75, 3.05) is 0 Å². The van der Waals surface area contributed by atoms with E-state index in [1.54, 1.807) is 29.9 Å². The lowest BCUT2D eigenvalue weighted by atomic mass is 10.1. The second kappa shape index (κ2) is 5.66. The number of carboxylic acid groups (broad SMARTS) is 2. The van der Waals surface area contributed by atoms with Crippen molar-refractivity contribution in [3.63, 3.8) is 0 Å². The molecule has 0 aliphatic rings. The first-order chi connectivity index (χ1) is 9.90. The predicted molar refractivity (Wildman–Crippen MR) is 74.1 cm³/mol. The summed E-state index contributed by atoms with van der Waals surface area (Å²) in [6.07, 6.45) is 0.908. The smallest absolute Gasteiger partial charge is 0.326 e. The maximum atomic E-state index is 12.2. The highest BCUT2D eigenvalue weighted by molar-refractivity contribution is 6.08. The van der Waals surface area contributed by atoms with E-state index in [9.17, 15) is 14.4 Å². The lowest BCUT2D eigenvalue weighted by molar-refractivity contribution is -0.145. The van der Waals surface area contributed by atoms with Crippen LogP contribution in [0.4, 0.5) is 0 Å². The third kappa shape index (κ3) is 3.02. The Balaban J connectivity index is 2.30. The summed E-state index contributed by atoms with van der Waals surface area (Å²) >= 11 is 0. The van der Waals surface area contributed by atoms with Crippen molar-refractivity contribution in [2.45, 2.75) is 12.5 Å². The number of nitrogens with zero attached hydrogens (tertiary/aromatic N) is 1. The topological polar surface area (TPSA) is 109 Å². The number of hydrogen-bond acceptors (Lipinski definition) is 3. The van der Waals surface area contributed by atoms with E-state index in [-0.39, 0.29) is 0 Å². The van der Waals surface area contributed by atoms with Crippen LogP contribution in [0.2, 0.25) is 0 Å². The molecule has 21 heavy (non-hydrogen) atoms. The van der Waals surface area contributed by atoms with Gasteiger partial charge in [0, 0.05) is 24.1 Å². The number of benzene rings is 1. The summed E-state index contributed by atoms with van der Waals surface area (Å²) in [7, 11) is 1.77. The fourth-order valence-corrected chi connectivity index (χ4v) is 2.13. The molecule has 3 N–H and O–H groups in total. The summed E-state index contributed by atoms with van der Waals surface area (Å²) in [5, 5.41) is 20.5. The first-order valence-electron chi connectivity index (χ1n) is 6.19. The number of aliphatic carboxylic acids is 2. The molecule has 7 heteroatoms. The van der Waals surface area contributed by atoms with Crippen LogP contribution >= 0.6 is 0 Å². The molecule has 2 aromatic rings. The monoisotopic (exact) mass is 290 g/mol. The molecule has 0 saturated carbocycles. The minimum absolute atomic E-state index is 0.310. The van der Waals surface area contributed by atoms with Crippen LogP contribution in [-0.4, -0.2) is 38.7 Å². The fraction of sp³-hybridized carbons (Fsp3) is 0.214. The molecule has 0 radical (unpaired) electrons. The zero-order valence-electron chi connectivity index (χ0n) is 11.2. The average Bonchev–Trinajstić information content (AvgIpc) is 2.75. The molecule has 2 rings (SSSR count). The molecule has 110 valence electrons. The highest BCUT2D eigenvalue weighted by Crippen LogP contribution is 2.20. The first-order valence-corrected chi connectivity index (χ1v) is 6.19. The van der Waals surface area contributed by atoms with Crippen molar-refractivity contribution in [3.05, 3.63) is 36.0 Å². The number of fused-ring (bicyclic) bond motifs is 1. The minimum Gasteiger partial charge on any atom is -0.481 e. The normalized spacial score (nSPS) is 12.0. The number of amides is 1. The van der Waals surface area contributed by atoms with E-state index in [2.05, 4.69) is 5.32 Å². The largest absolute Gasteiger partial charge is 0.481 e. The zero-order chi connectivity index (χ0) is 15.6. The Bertz CT molecular complexity index is 719. The van der Waals surface area contributed by atoms with Gasteiger partial charge in [0.05, 0.1) is 12.0 Å². The van der Waals surface area contributed by atoms with Gasteiger partial charge in [-0.25, -0.2) is 4.79 Å². The van der Waals surface area contributed by atoms with Gasteiger partial charge in [0.25, 0.3) is 5.91 Å². The number of carbonyl (C=O) groups is 3. The molecule has 0 fully saturated rings. The van der Waals surface area contributed by atoms with Crippen LogP contribution in [0.5, 0.6) is 0 Å². The third-order valence-corrected chi connectivity index (χ3v) is 3.12. The maximum absolute atomic E-state index is 12.2. The minimum atomic E-state index is -1.46. The van der Waals surface area contributed by atoms with Crippen molar-refractivity contribution in [2.24, 2.45) is 7.05 Å². The number of carbonyl (C=O) groups excluding carboxylic acids is 1. The van der Waals surface area contributed by atoms with Crippen molar-refractivity contribution >= 4 is 28.7 Å². The van der Waals surface area contributed by atoms with Crippen LogP contribution in [0.1, 0.15) is 16.8 Å². The number of para-hydroxylation sites is 1. The lowest BCUT2D eigenvalue weighted by Gasteiger charge is -2.11. The molecule has 1 aromatic heterocycles. The number of aryl methyl sites for hydroxylation is 1. The van der Waals surface area contributed by atoms with E-state index in [0.717, 1.165) is 5.52 Å². The fourth-order valence-electron chi connectivity index (χ4n) is 2.13. The van der Waals surface area contributed by atoms with Gasteiger partial charge in [0.2, 0.25) is 0 Å². The van der Waals surface area contributed by atoms with Crippen molar-refractivity contribution in [1.82, 2.24) is 9.88 Å². The van der Waals surface area contributed by atoms with Crippen LogP contribution in [-0.2, 0) is 16.6 Å². The Kier molecular flexibility index (Phi) is 3.93. The molecule has 0 saturated heterocycles. The highest BCUT2D eigenvalue weighted by Gasteiger charge is 2.24. The Morgan fingerprint density at radius 2 is 1.90 bits per heavy atom. The summed E-state index contributed by atoms with van der Waals surface area (Å²) in [6.45, 7) is 0. The maximum Gasteiger partial charge on any atom is 0.326 e. The molecular formula is C14H14N2O5. The summed E-state index contributed by atoms with van der Waals surface area (Å²) in [4.78, 5) is 33.8. The van der Waals surface area contributed by atoms with Crippen molar-refractivity contribution in [3.8, 4) is 0 Å². The van der Waals surface area contributed by atoms with E-state index in [1.807, 2.05) is 12.1 Å². The highest BCUT2D eigenvalue weighted by atomic mass is 16.4. The molecule has 1 unspecified atom stereocenters. The summed E-state index contributed by atoms with van der Waals surface area (Å²) in [5.74, 6) is -3.29. The zero-order valence-corrected chi connectivity index (χ0v) is 11.2. The SMILES string of the molecule is Cn1cc(C(=O)NC(CC(=O)O)C(=O)O)c2ccccc21. The number of hydrogen-bond donors (Lipinski definition) is 3. The molecule has 1 heterocycles. The number of carboxylic acids is 2. The van der Waals surface area contributed by atoms with Crippen molar-refractivity contribution < 1.29 is 24.6 Å². The van der Waals surface area contributed by atoms with Gasteiger partial charge < -0.3 is 20.1 Å². The Morgan fingerprint density at radius 3 is 2.52 bits per heavy atom. The van der Waals surface area contributed by atoms with E-state index in [4.69, 9.17) is 10.2 Å². The Morgan fingerprint density at radius 1 is 1.24 bits per heavy atom. The Labute approximate surface area is 119 Å². The van der Waals surface area contributed by atoms with Crippen LogP contribution in [0.25, 0.3) is 10.9 Å². The lowest BCUT2D eigenvalue weighted by Crippen LogP contribution is -2.42. The van der Waals surface area contributed by atoms with Gasteiger partial charge in [-0.05, 0) is 6.07 Å². The predicted octanol–water partition coefficient (Wildman–Crippen LogP) is 0.836. The molecular weight excluding hydrogens is 276 g/mol. The van der Waals surface area contributed by atoms with E-state index in [0.29, 0.717) is 10.9 Å². The third-order valence-electron chi connectivity index (χ3n) is 3.12. The van der Waals surface area contributed by atoms with Crippen LogP contribution in [0.15, 0.2) is 30.5 Å². The van der Waals surface area contributed by atoms with Gasteiger partial charge in [0.1, 0.15) is 6.04 Å². The van der Waals surface area contributed by atoms with Crippen LogP contribution in [0, 0.1) is 0 Å². The van der Waals surface area contributed by atoms with Crippen molar-refractivity contribution in [1.29, 1.82) is 0 Å². The Hall–Kier alpha value is -2.83. The van der Waals surface area contributed by atoms with Gasteiger partial charge in [-0.1, -0.05) is 18.2 Å². The summed E-state index contributed by atoms with van der Waals surface area (Å²) in [6, 6.07) is 5.71. The standard InChI is InChI=1S/C14H14N2O5/c1-16-7-9(8-4-2-3-5-11(8)16)13(19)15-10(14(20)21)6-12(17)18/h2-5,7,10H,6H2,1H3,(H,15,19)(H,17,18)(H,20,21). The van der Waals surface area contributed by atoms with Gasteiger partial charge in [-0.2, -0.15) is 0 Å². The molecule has 1 amide bonds. The molecule has 0 aliphatic heterocycles. The first kappa shape index (κ1) is 14.6. The molecule has 0 bridgehead atoms. The van der Waals surface area contributed by atoms with E-state index >= 15 is 0 Å². The molecule has 1 aromatic carbocycles. The number of rotatable bonds is 5. The van der Waals surface area contributed by atoms with Crippen LogP contribution in [0.3, 0.4) is 0 Å². The molecule has 0 spiro atoms. The molecule has 0 aliphatic carbocycles. The van der Waals surface area contributed by atoms with Crippen LogP contribution < -0.4 is 5.32 Å². The quantitative estimate of drug-likeness (QED) is 0.756. The van der Waals surface area contributed by atoms with Gasteiger partial charge in [-0.3, -0.25) is 9.59 Å². The average molecular weight is 290 g/mol. The van der Waals surface area contributed by atoms with Gasteiger partial charge in [-0.15, -0.1) is 0 Å². The second-order valence-corrected chi connectivity index (χ2v) is 4.63. The molecule has 1 atom stereocenters. The number of nitrogens with one attached hydrogen (secondary N) is 1. The molecule has 7 nitrogen and oxygen atoms in total. The van der Waals surface area contributed by atoms with E-state index in [1.165, 1.54) is 0 Å². The summed E-state index contributed by atoms with van der Waals surface area (Å²) in [5.41, 5.74) is 1.14. The summed E-state index contributed by atoms with van der Waals surface area (Å²) < 4.78 is 1.75. The number of aromatic nitrogens is 1. The van der Waals surface area contributed by atoms with Gasteiger partial charge in [0.15, 0.2) is 0 Å². The second-order valence-electron chi connectivity index (χ2n) is 4.63.